The summed E-state index contributed by atoms with van der Waals surface area (Å²) < 4.78 is 8.02. The molecule has 5 rings (SSSR count). The number of para-hydroxylation sites is 3. The van der Waals surface area contributed by atoms with E-state index in [9.17, 15) is 4.79 Å². The lowest BCUT2D eigenvalue weighted by molar-refractivity contribution is 0.302. The Balaban J connectivity index is 1.70. The van der Waals surface area contributed by atoms with Crippen LogP contribution in [0.25, 0.3) is 16.6 Å². The molecule has 0 spiro atoms. The Morgan fingerprint density at radius 3 is 2.18 bits per heavy atom. The number of ether oxygens (including phenoxy) is 1. The summed E-state index contributed by atoms with van der Waals surface area (Å²) in [5.41, 5.74) is 3.96. The van der Waals surface area contributed by atoms with Gasteiger partial charge in [0.25, 0.3) is 0 Å². The van der Waals surface area contributed by atoms with Crippen molar-refractivity contribution in [3.63, 3.8) is 0 Å². The third-order valence-corrected chi connectivity index (χ3v) is 5.38. The third kappa shape index (κ3) is 4.34. The zero-order valence-corrected chi connectivity index (χ0v) is 18.2. The first-order valence-electron chi connectivity index (χ1n) is 10.8. The van der Waals surface area contributed by atoms with E-state index in [0.717, 1.165) is 28.3 Å². The molecule has 0 saturated carbocycles. The molecule has 0 aliphatic carbocycles. The monoisotopic (exact) mass is 433 g/mol. The number of benzene rings is 3. The summed E-state index contributed by atoms with van der Waals surface area (Å²) in [4.78, 5) is 18.0. The van der Waals surface area contributed by atoms with E-state index in [1.807, 2.05) is 104 Å². The molecular formula is C28H23N3O2. The van der Waals surface area contributed by atoms with Gasteiger partial charge in [-0.25, -0.2) is 0 Å². The second-order valence-electron chi connectivity index (χ2n) is 7.76. The fourth-order valence-corrected chi connectivity index (χ4v) is 3.94. The summed E-state index contributed by atoms with van der Waals surface area (Å²) in [6.45, 7) is 2.14. The Labute approximate surface area is 191 Å². The van der Waals surface area contributed by atoms with Crippen LogP contribution >= 0.6 is 0 Å². The Morgan fingerprint density at radius 2 is 1.48 bits per heavy atom. The van der Waals surface area contributed by atoms with Crippen LogP contribution in [0, 0.1) is 6.92 Å². The van der Waals surface area contributed by atoms with Crippen LogP contribution in [0.15, 0.2) is 108 Å². The normalized spacial score (nSPS) is 10.8. The summed E-state index contributed by atoms with van der Waals surface area (Å²) in [6.07, 6.45) is 0. The first kappa shape index (κ1) is 20.5. The molecule has 33 heavy (non-hydrogen) atoms. The van der Waals surface area contributed by atoms with Gasteiger partial charge in [0.05, 0.1) is 16.6 Å². The molecule has 0 unspecified atom stereocenters. The van der Waals surface area contributed by atoms with E-state index in [-0.39, 0.29) is 12.0 Å². The Kier molecular flexibility index (Phi) is 5.60. The quantitative estimate of drug-likeness (QED) is 0.356. The number of fused-ring (bicyclic) bond motifs is 1. The number of pyridine rings is 2. The van der Waals surface area contributed by atoms with Crippen molar-refractivity contribution in [3.05, 3.63) is 125 Å². The van der Waals surface area contributed by atoms with Gasteiger partial charge in [-0.2, -0.15) is 0 Å². The van der Waals surface area contributed by atoms with E-state index in [2.05, 4.69) is 14.9 Å². The van der Waals surface area contributed by atoms with Crippen LogP contribution in [0.5, 0.6) is 5.75 Å². The molecule has 0 bridgehead atoms. The highest BCUT2D eigenvalue weighted by atomic mass is 16.5. The van der Waals surface area contributed by atoms with Gasteiger partial charge in [-0.05, 0) is 49.4 Å². The highest BCUT2D eigenvalue weighted by Crippen LogP contribution is 2.27. The van der Waals surface area contributed by atoms with Crippen molar-refractivity contribution < 1.29 is 4.74 Å². The third-order valence-electron chi connectivity index (χ3n) is 5.38. The smallest absolute Gasteiger partial charge is 0.193 e. The molecule has 0 aliphatic rings. The molecule has 0 aliphatic heterocycles. The Bertz CT molecular complexity index is 1450. The van der Waals surface area contributed by atoms with E-state index in [1.54, 1.807) is 6.07 Å². The largest absolute Gasteiger partial charge is 0.487 e. The lowest BCUT2D eigenvalue weighted by Crippen LogP contribution is -2.16. The van der Waals surface area contributed by atoms with Gasteiger partial charge in [-0.1, -0.05) is 54.6 Å². The van der Waals surface area contributed by atoms with E-state index < -0.39 is 0 Å². The van der Waals surface area contributed by atoms with Crippen molar-refractivity contribution in [2.75, 3.05) is 5.32 Å². The van der Waals surface area contributed by atoms with Crippen LogP contribution < -0.4 is 15.5 Å². The highest BCUT2D eigenvalue weighted by molar-refractivity contribution is 5.86. The van der Waals surface area contributed by atoms with E-state index in [4.69, 9.17) is 4.74 Å². The Morgan fingerprint density at radius 1 is 0.848 bits per heavy atom. The van der Waals surface area contributed by atoms with Crippen molar-refractivity contribution >= 4 is 22.4 Å². The summed E-state index contributed by atoms with van der Waals surface area (Å²) in [7, 11) is 0. The lowest BCUT2D eigenvalue weighted by atomic mass is 10.1. The molecule has 0 amide bonds. The number of aryl methyl sites for hydroxylation is 1. The molecule has 1 N–H and O–H groups in total. The molecule has 162 valence electrons. The van der Waals surface area contributed by atoms with Crippen molar-refractivity contribution in [1.82, 2.24) is 9.55 Å². The van der Waals surface area contributed by atoms with Gasteiger partial charge in [0.2, 0.25) is 0 Å². The number of hydrogen-bond donors (Lipinski definition) is 1. The minimum atomic E-state index is -0.102. The summed E-state index contributed by atoms with van der Waals surface area (Å²) >= 11 is 0. The minimum Gasteiger partial charge on any atom is -0.487 e. The molecule has 0 radical (unpaired) electrons. The number of anilines is 2. The van der Waals surface area contributed by atoms with Crippen molar-refractivity contribution in [3.8, 4) is 11.4 Å². The maximum absolute atomic E-state index is 13.4. The highest BCUT2D eigenvalue weighted by Gasteiger charge is 2.16. The predicted molar refractivity (Wildman–Crippen MR) is 133 cm³/mol. The minimum absolute atomic E-state index is 0.102. The molecule has 0 fully saturated rings. The second kappa shape index (κ2) is 9.01. The van der Waals surface area contributed by atoms with Gasteiger partial charge < -0.3 is 10.1 Å². The molecule has 5 aromatic rings. The van der Waals surface area contributed by atoms with Crippen molar-refractivity contribution in [1.29, 1.82) is 0 Å². The fraction of sp³-hybridized carbons (Fsp3) is 0.0714. The van der Waals surface area contributed by atoms with Crippen LogP contribution in [0.2, 0.25) is 0 Å². The van der Waals surface area contributed by atoms with E-state index in [0.29, 0.717) is 16.9 Å². The number of hydrogen-bond acceptors (Lipinski definition) is 4. The van der Waals surface area contributed by atoms with Gasteiger partial charge >= 0.3 is 0 Å². The van der Waals surface area contributed by atoms with Gasteiger partial charge in [0, 0.05) is 23.1 Å². The summed E-state index contributed by atoms with van der Waals surface area (Å²) in [6, 6.07) is 33.0. The predicted octanol–water partition coefficient (Wildman–Crippen LogP) is 6.02. The number of nitrogens with zero attached hydrogens (tertiary/aromatic N) is 2. The van der Waals surface area contributed by atoms with Crippen LogP contribution in [0.3, 0.4) is 0 Å². The van der Waals surface area contributed by atoms with Gasteiger partial charge in [0.15, 0.2) is 5.43 Å². The van der Waals surface area contributed by atoms with Crippen LogP contribution in [0.4, 0.5) is 11.5 Å². The summed E-state index contributed by atoms with van der Waals surface area (Å²) in [5.74, 6) is 1.42. The topological polar surface area (TPSA) is 56.1 Å². The van der Waals surface area contributed by atoms with Crippen LogP contribution in [-0.2, 0) is 6.61 Å². The van der Waals surface area contributed by atoms with Gasteiger partial charge in [-0.15, -0.1) is 0 Å². The number of rotatable bonds is 6. The van der Waals surface area contributed by atoms with Crippen LogP contribution in [0.1, 0.15) is 11.4 Å². The SMILES string of the molecule is Cc1cc2c(c(COc3ccccc3)n1)c(=O)cc(Nc1ccccc1)n2-c1ccccc1. The first-order valence-corrected chi connectivity index (χ1v) is 10.8. The van der Waals surface area contributed by atoms with Crippen LogP contribution in [-0.4, -0.2) is 9.55 Å². The first-order chi connectivity index (χ1) is 16.2. The number of aromatic nitrogens is 2. The molecule has 2 heterocycles. The average molecular weight is 434 g/mol. The maximum Gasteiger partial charge on any atom is 0.193 e. The average Bonchev–Trinajstić information content (AvgIpc) is 2.84. The molecule has 5 heteroatoms. The summed E-state index contributed by atoms with van der Waals surface area (Å²) in [5, 5.41) is 3.97. The fourth-order valence-electron chi connectivity index (χ4n) is 3.94. The standard InChI is InChI=1S/C28H23N3O2/c1-20-17-25-28(24(29-20)19-33-23-15-9-4-10-16-23)26(32)18-27(30-21-11-5-2-6-12-21)31(25)22-13-7-3-8-14-22/h2-18,30H,19H2,1H3. The second-order valence-corrected chi connectivity index (χ2v) is 7.76. The van der Waals surface area contributed by atoms with Gasteiger partial charge in [0.1, 0.15) is 18.2 Å². The maximum atomic E-state index is 13.4. The molecule has 0 saturated heterocycles. The molecule has 5 nitrogen and oxygen atoms in total. The zero-order chi connectivity index (χ0) is 22.6. The van der Waals surface area contributed by atoms with E-state index >= 15 is 0 Å². The number of nitrogens with one attached hydrogen (secondary N) is 1. The zero-order valence-electron chi connectivity index (χ0n) is 18.2. The Hall–Kier alpha value is -4.38. The van der Waals surface area contributed by atoms with Gasteiger partial charge in [-0.3, -0.25) is 14.3 Å². The lowest BCUT2D eigenvalue weighted by Gasteiger charge is -2.20. The molecule has 2 aromatic heterocycles. The molecule has 3 aromatic carbocycles. The van der Waals surface area contributed by atoms with Crippen molar-refractivity contribution in [2.24, 2.45) is 0 Å². The van der Waals surface area contributed by atoms with E-state index in [1.165, 1.54) is 0 Å². The molecule has 0 atom stereocenters. The van der Waals surface area contributed by atoms with Crippen molar-refractivity contribution in [2.45, 2.75) is 13.5 Å². The molecular weight excluding hydrogens is 410 g/mol.